The van der Waals surface area contributed by atoms with Gasteiger partial charge in [-0.1, -0.05) is 0 Å². The van der Waals surface area contributed by atoms with Crippen LogP contribution in [0.2, 0.25) is 0 Å². The van der Waals surface area contributed by atoms with Crippen molar-refractivity contribution < 1.29 is 14.6 Å². The lowest BCUT2D eigenvalue weighted by atomic mass is 10.1. The van der Waals surface area contributed by atoms with E-state index >= 15 is 0 Å². The maximum absolute atomic E-state index is 8.99. The summed E-state index contributed by atoms with van der Waals surface area (Å²) in [5.74, 6) is 2.24. The zero-order valence-corrected chi connectivity index (χ0v) is 11.1. The van der Waals surface area contributed by atoms with Crippen LogP contribution in [0.25, 0.3) is 0 Å². The third-order valence-corrected chi connectivity index (χ3v) is 3.55. The second kappa shape index (κ2) is 5.96. The maximum Gasteiger partial charge on any atom is 0.145 e. The Labute approximate surface area is 108 Å². The molecule has 0 radical (unpaired) electrons. The number of aliphatic hydroxyl groups is 1. The molecule has 1 fully saturated rings. The topological polar surface area (TPSA) is 41.9 Å². The van der Waals surface area contributed by atoms with Gasteiger partial charge < -0.3 is 19.5 Å². The predicted octanol–water partition coefficient (Wildman–Crippen LogP) is 1.91. The van der Waals surface area contributed by atoms with Crippen molar-refractivity contribution in [3.8, 4) is 11.5 Å². The van der Waals surface area contributed by atoms with Gasteiger partial charge in [0.25, 0.3) is 0 Å². The van der Waals surface area contributed by atoms with E-state index in [-0.39, 0.29) is 6.61 Å². The highest BCUT2D eigenvalue weighted by atomic mass is 16.5. The van der Waals surface area contributed by atoms with Crippen LogP contribution in [0.5, 0.6) is 11.5 Å². The molecule has 0 spiro atoms. The van der Waals surface area contributed by atoms with Crippen LogP contribution in [-0.4, -0.2) is 39.0 Å². The van der Waals surface area contributed by atoms with Gasteiger partial charge in [-0.25, -0.2) is 0 Å². The summed E-state index contributed by atoms with van der Waals surface area (Å²) >= 11 is 0. The Morgan fingerprint density at radius 1 is 1.33 bits per heavy atom. The molecule has 1 N–H and O–H groups in total. The first-order valence-electron chi connectivity index (χ1n) is 6.36. The third-order valence-electron chi connectivity index (χ3n) is 3.55. The van der Waals surface area contributed by atoms with E-state index in [4.69, 9.17) is 14.6 Å². The van der Waals surface area contributed by atoms with Crippen molar-refractivity contribution in [3.63, 3.8) is 0 Å². The van der Waals surface area contributed by atoms with Crippen LogP contribution >= 0.6 is 0 Å². The molecule has 0 amide bonds. The first kappa shape index (κ1) is 13.0. The van der Waals surface area contributed by atoms with Gasteiger partial charge in [-0.05, 0) is 30.9 Å². The lowest BCUT2D eigenvalue weighted by molar-refractivity contribution is 0.263. The van der Waals surface area contributed by atoms with Crippen molar-refractivity contribution in [1.82, 2.24) is 0 Å². The van der Waals surface area contributed by atoms with Gasteiger partial charge in [0.15, 0.2) is 0 Å². The standard InChI is InChI=1S/C14H21NO3/c1-17-12-3-4-13(14(9-12)18-2)15-7-5-11(10-15)6-8-16/h3-4,9,11,16H,5-8,10H2,1-2H3. The summed E-state index contributed by atoms with van der Waals surface area (Å²) in [7, 11) is 3.33. The van der Waals surface area contributed by atoms with E-state index in [9.17, 15) is 0 Å². The van der Waals surface area contributed by atoms with Crippen LogP contribution < -0.4 is 14.4 Å². The van der Waals surface area contributed by atoms with Crippen LogP contribution in [0, 0.1) is 5.92 Å². The Hall–Kier alpha value is -1.42. The van der Waals surface area contributed by atoms with Gasteiger partial charge in [-0.3, -0.25) is 0 Å². The number of hydrogen-bond donors (Lipinski definition) is 1. The van der Waals surface area contributed by atoms with Crippen molar-refractivity contribution in [2.24, 2.45) is 5.92 Å². The molecule has 2 rings (SSSR count). The van der Waals surface area contributed by atoms with Gasteiger partial charge in [-0.15, -0.1) is 0 Å². The molecule has 1 aromatic rings. The number of aliphatic hydroxyl groups excluding tert-OH is 1. The minimum absolute atomic E-state index is 0.276. The molecule has 1 unspecified atom stereocenters. The third kappa shape index (κ3) is 2.70. The lowest BCUT2D eigenvalue weighted by Crippen LogP contribution is -2.20. The summed E-state index contributed by atoms with van der Waals surface area (Å²) in [4.78, 5) is 2.32. The number of benzene rings is 1. The van der Waals surface area contributed by atoms with E-state index in [1.807, 2.05) is 18.2 Å². The maximum atomic E-state index is 8.99. The monoisotopic (exact) mass is 251 g/mol. The van der Waals surface area contributed by atoms with Crippen molar-refractivity contribution in [3.05, 3.63) is 18.2 Å². The smallest absolute Gasteiger partial charge is 0.145 e. The average molecular weight is 251 g/mol. The van der Waals surface area contributed by atoms with Crippen molar-refractivity contribution >= 4 is 5.69 Å². The minimum atomic E-state index is 0.276. The van der Waals surface area contributed by atoms with Crippen LogP contribution in [0.4, 0.5) is 5.69 Å². The van der Waals surface area contributed by atoms with Gasteiger partial charge >= 0.3 is 0 Å². The summed E-state index contributed by atoms with van der Waals surface area (Å²) in [5.41, 5.74) is 1.11. The normalized spacial score (nSPS) is 19.1. The zero-order chi connectivity index (χ0) is 13.0. The molecular weight excluding hydrogens is 230 g/mol. The van der Waals surface area contributed by atoms with Gasteiger partial charge in [0.2, 0.25) is 0 Å². The number of anilines is 1. The SMILES string of the molecule is COc1ccc(N2CCC(CCO)C2)c(OC)c1. The van der Waals surface area contributed by atoms with Gasteiger partial charge in [-0.2, -0.15) is 0 Å². The second-order valence-electron chi connectivity index (χ2n) is 4.65. The summed E-state index contributed by atoms with van der Waals surface area (Å²) in [5, 5.41) is 8.99. The average Bonchev–Trinajstić information content (AvgIpc) is 2.87. The lowest BCUT2D eigenvalue weighted by Gasteiger charge is -2.21. The van der Waals surface area contributed by atoms with Crippen LogP contribution in [0.1, 0.15) is 12.8 Å². The zero-order valence-electron chi connectivity index (χ0n) is 11.1. The van der Waals surface area contributed by atoms with Crippen LogP contribution in [0.15, 0.2) is 18.2 Å². The van der Waals surface area contributed by atoms with Gasteiger partial charge in [0, 0.05) is 25.8 Å². The van der Waals surface area contributed by atoms with E-state index in [1.165, 1.54) is 0 Å². The molecule has 1 aromatic carbocycles. The number of hydrogen-bond acceptors (Lipinski definition) is 4. The largest absolute Gasteiger partial charge is 0.497 e. The van der Waals surface area contributed by atoms with E-state index in [0.29, 0.717) is 5.92 Å². The number of rotatable bonds is 5. The molecule has 4 nitrogen and oxygen atoms in total. The van der Waals surface area contributed by atoms with E-state index < -0.39 is 0 Å². The highest BCUT2D eigenvalue weighted by Crippen LogP contribution is 2.35. The Bertz CT molecular complexity index is 395. The van der Waals surface area contributed by atoms with Crippen molar-refractivity contribution in [2.45, 2.75) is 12.8 Å². The molecule has 100 valence electrons. The Kier molecular flexibility index (Phi) is 4.31. The van der Waals surface area contributed by atoms with E-state index in [1.54, 1.807) is 14.2 Å². The van der Waals surface area contributed by atoms with E-state index in [0.717, 1.165) is 43.1 Å². The molecule has 0 aromatic heterocycles. The molecular formula is C14H21NO3. The van der Waals surface area contributed by atoms with Crippen LogP contribution in [0.3, 0.4) is 0 Å². The molecule has 1 heterocycles. The summed E-state index contributed by atoms with van der Waals surface area (Å²) in [6.45, 7) is 2.29. The molecule has 1 atom stereocenters. The fourth-order valence-corrected chi connectivity index (χ4v) is 2.52. The Balaban J connectivity index is 2.13. The fourth-order valence-electron chi connectivity index (χ4n) is 2.52. The first-order chi connectivity index (χ1) is 8.78. The summed E-state index contributed by atoms with van der Waals surface area (Å²) < 4.78 is 10.6. The highest BCUT2D eigenvalue weighted by molar-refractivity contribution is 5.61. The highest BCUT2D eigenvalue weighted by Gasteiger charge is 2.24. The number of nitrogens with zero attached hydrogens (tertiary/aromatic N) is 1. The molecule has 1 saturated heterocycles. The van der Waals surface area contributed by atoms with Gasteiger partial charge in [0.1, 0.15) is 11.5 Å². The molecule has 1 aliphatic rings. The van der Waals surface area contributed by atoms with Gasteiger partial charge in [0.05, 0.1) is 19.9 Å². The first-order valence-corrected chi connectivity index (χ1v) is 6.36. The van der Waals surface area contributed by atoms with Crippen molar-refractivity contribution in [1.29, 1.82) is 0 Å². The predicted molar refractivity (Wildman–Crippen MR) is 71.6 cm³/mol. The molecule has 0 bridgehead atoms. The molecule has 0 aliphatic carbocycles. The number of ether oxygens (including phenoxy) is 2. The number of methoxy groups -OCH3 is 2. The minimum Gasteiger partial charge on any atom is -0.497 e. The fraction of sp³-hybridized carbons (Fsp3) is 0.571. The molecule has 4 heteroatoms. The molecule has 1 aliphatic heterocycles. The van der Waals surface area contributed by atoms with E-state index in [2.05, 4.69) is 4.90 Å². The second-order valence-corrected chi connectivity index (χ2v) is 4.65. The Morgan fingerprint density at radius 3 is 2.83 bits per heavy atom. The summed E-state index contributed by atoms with van der Waals surface area (Å²) in [6, 6.07) is 5.91. The Morgan fingerprint density at radius 2 is 2.17 bits per heavy atom. The summed E-state index contributed by atoms with van der Waals surface area (Å²) in [6.07, 6.45) is 2.02. The molecule has 18 heavy (non-hydrogen) atoms. The van der Waals surface area contributed by atoms with Crippen LogP contribution in [-0.2, 0) is 0 Å². The van der Waals surface area contributed by atoms with Crippen molar-refractivity contribution in [2.75, 3.05) is 38.8 Å². The quantitative estimate of drug-likeness (QED) is 0.868. The molecule has 0 saturated carbocycles.